The van der Waals surface area contributed by atoms with Crippen LogP contribution >= 0.6 is 0 Å². The van der Waals surface area contributed by atoms with Crippen molar-refractivity contribution in [1.29, 1.82) is 0 Å². The van der Waals surface area contributed by atoms with Crippen LogP contribution in [0, 0.1) is 10.1 Å². The lowest BCUT2D eigenvalue weighted by Crippen LogP contribution is -2.28. The molecule has 0 heterocycles. The van der Waals surface area contributed by atoms with E-state index in [2.05, 4.69) is 5.32 Å². The lowest BCUT2D eigenvalue weighted by atomic mass is 10.2. The molecule has 0 aliphatic carbocycles. The molecular formula is C21H18N2O5. The van der Waals surface area contributed by atoms with Crippen molar-refractivity contribution in [1.82, 2.24) is 5.32 Å². The number of amides is 1. The lowest BCUT2D eigenvalue weighted by molar-refractivity contribution is -0.385. The number of hydrogen-bond donors (Lipinski definition) is 1. The van der Waals surface area contributed by atoms with E-state index in [0.29, 0.717) is 11.5 Å². The number of benzene rings is 3. The first kappa shape index (κ1) is 18.9. The van der Waals surface area contributed by atoms with Crippen LogP contribution in [0.3, 0.4) is 0 Å². The first-order valence-electron chi connectivity index (χ1n) is 8.57. The Morgan fingerprint density at radius 2 is 1.54 bits per heavy atom. The monoisotopic (exact) mass is 378 g/mol. The van der Waals surface area contributed by atoms with Crippen molar-refractivity contribution in [2.24, 2.45) is 0 Å². The average molecular weight is 378 g/mol. The van der Waals surface area contributed by atoms with Crippen LogP contribution in [-0.4, -0.2) is 17.4 Å². The molecule has 0 saturated heterocycles. The van der Waals surface area contributed by atoms with Gasteiger partial charge < -0.3 is 14.8 Å². The predicted octanol–water partition coefficient (Wildman–Crippen LogP) is 4.08. The van der Waals surface area contributed by atoms with Gasteiger partial charge in [0.25, 0.3) is 5.91 Å². The van der Waals surface area contributed by atoms with Crippen molar-refractivity contribution in [2.75, 3.05) is 6.61 Å². The third-order valence-corrected chi connectivity index (χ3v) is 3.84. The summed E-state index contributed by atoms with van der Waals surface area (Å²) in [5.74, 6) is 0.984. The Labute approximate surface area is 161 Å². The number of nitro groups is 1. The van der Waals surface area contributed by atoms with E-state index >= 15 is 0 Å². The molecule has 0 aromatic heterocycles. The van der Waals surface area contributed by atoms with Gasteiger partial charge in [0.1, 0.15) is 11.5 Å². The number of para-hydroxylation sites is 4. The number of rotatable bonds is 8. The topological polar surface area (TPSA) is 90.7 Å². The lowest BCUT2D eigenvalue weighted by Gasteiger charge is -2.12. The number of carbonyl (C=O) groups is 1. The quantitative estimate of drug-likeness (QED) is 0.471. The first-order chi connectivity index (χ1) is 13.6. The molecule has 3 aromatic carbocycles. The van der Waals surface area contributed by atoms with Crippen molar-refractivity contribution in [2.45, 2.75) is 6.54 Å². The summed E-state index contributed by atoms with van der Waals surface area (Å²) >= 11 is 0. The van der Waals surface area contributed by atoms with Gasteiger partial charge in [0.05, 0.1) is 4.92 Å². The van der Waals surface area contributed by atoms with Crippen molar-refractivity contribution in [3.63, 3.8) is 0 Å². The number of nitrogens with one attached hydrogen (secondary N) is 1. The molecular weight excluding hydrogens is 360 g/mol. The van der Waals surface area contributed by atoms with Crippen LogP contribution in [0.5, 0.6) is 17.2 Å². The summed E-state index contributed by atoms with van der Waals surface area (Å²) in [7, 11) is 0. The fraction of sp³-hybridized carbons (Fsp3) is 0.0952. The van der Waals surface area contributed by atoms with Crippen LogP contribution in [0.4, 0.5) is 5.69 Å². The third-order valence-electron chi connectivity index (χ3n) is 3.84. The summed E-state index contributed by atoms with van der Waals surface area (Å²) in [6.07, 6.45) is 0. The van der Waals surface area contributed by atoms with Crippen LogP contribution in [0.15, 0.2) is 78.9 Å². The van der Waals surface area contributed by atoms with Crippen LogP contribution < -0.4 is 14.8 Å². The molecule has 0 saturated carbocycles. The summed E-state index contributed by atoms with van der Waals surface area (Å²) in [5.41, 5.74) is 0.613. The minimum atomic E-state index is -0.551. The fourth-order valence-corrected chi connectivity index (χ4v) is 2.48. The van der Waals surface area contributed by atoms with Crippen LogP contribution in [-0.2, 0) is 11.3 Å². The molecule has 0 spiro atoms. The predicted molar refractivity (Wildman–Crippen MR) is 103 cm³/mol. The van der Waals surface area contributed by atoms with Gasteiger partial charge in [0, 0.05) is 18.2 Å². The Morgan fingerprint density at radius 3 is 2.29 bits per heavy atom. The van der Waals surface area contributed by atoms with Gasteiger partial charge in [-0.3, -0.25) is 14.9 Å². The smallest absolute Gasteiger partial charge is 0.310 e. The van der Waals surface area contributed by atoms with E-state index in [1.807, 2.05) is 54.6 Å². The Hall–Kier alpha value is -3.87. The summed E-state index contributed by atoms with van der Waals surface area (Å²) in [6, 6.07) is 22.6. The average Bonchev–Trinajstić information content (AvgIpc) is 2.72. The van der Waals surface area contributed by atoms with Crippen LogP contribution in [0.25, 0.3) is 0 Å². The summed E-state index contributed by atoms with van der Waals surface area (Å²) < 4.78 is 11.1. The maximum absolute atomic E-state index is 12.1. The second-order valence-corrected chi connectivity index (χ2v) is 5.81. The van der Waals surface area contributed by atoms with Gasteiger partial charge in [0.2, 0.25) is 0 Å². The maximum atomic E-state index is 12.1. The van der Waals surface area contributed by atoms with Gasteiger partial charge in [-0.25, -0.2) is 0 Å². The molecule has 3 rings (SSSR count). The molecule has 0 radical (unpaired) electrons. The van der Waals surface area contributed by atoms with E-state index in [9.17, 15) is 14.9 Å². The van der Waals surface area contributed by atoms with Gasteiger partial charge in [-0.1, -0.05) is 48.5 Å². The van der Waals surface area contributed by atoms with Gasteiger partial charge in [0.15, 0.2) is 12.4 Å². The third kappa shape index (κ3) is 5.07. The highest BCUT2D eigenvalue weighted by Crippen LogP contribution is 2.26. The van der Waals surface area contributed by atoms with Gasteiger partial charge >= 0.3 is 5.69 Å². The molecule has 0 atom stereocenters. The van der Waals surface area contributed by atoms with Gasteiger partial charge in [-0.05, 0) is 24.3 Å². The van der Waals surface area contributed by atoms with E-state index in [1.165, 1.54) is 18.2 Å². The van der Waals surface area contributed by atoms with Crippen LogP contribution in [0.1, 0.15) is 5.56 Å². The standard InChI is InChI=1S/C21H18N2O5/c24-21(15-27-20-13-7-5-11-18(20)23(25)26)22-14-16-8-4-6-12-19(16)28-17-9-2-1-3-10-17/h1-13H,14-15H2,(H,22,24). The molecule has 0 fully saturated rings. The Bertz CT molecular complexity index is 960. The van der Waals surface area contributed by atoms with Crippen molar-refractivity contribution >= 4 is 11.6 Å². The zero-order chi connectivity index (χ0) is 19.8. The normalized spacial score (nSPS) is 10.1. The highest BCUT2D eigenvalue weighted by molar-refractivity contribution is 5.77. The number of hydrogen-bond acceptors (Lipinski definition) is 5. The zero-order valence-corrected chi connectivity index (χ0v) is 14.9. The van der Waals surface area contributed by atoms with Crippen LogP contribution in [0.2, 0.25) is 0 Å². The number of nitrogens with zero attached hydrogens (tertiary/aromatic N) is 1. The van der Waals surface area contributed by atoms with Gasteiger partial charge in [-0.2, -0.15) is 0 Å². The summed E-state index contributed by atoms with van der Waals surface area (Å²) in [4.78, 5) is 22.5. The largest absolute Gasteiger partial charge is 0.477 e. The molecule has 0 aliphatic rings. The molecule has 7 nitrogen and oxygen atoms in total. The SMILES string of the molecule is O=C(COc1ccccc1[N+](=O)[O-])NCc1ccccc1Oc1ccccc1. The number of nitro benzene ring substituents is 1. The number of ether oxygens (including phenoxy) is 2. The minimum absolute atomic E-state index is 0.0514. The zero-order valence-electron chi connectivity index (χ0n) is 14.9. The molecule has 1 N–H and O–H groups in total. The molecule has 1 amide bonds. The van der Waals surface area contributed by atoms with E-state index in [0.717, 1.165) is 5.56 Å². The van der Waals surface area contributed by atoms with Crippen molar-refractivity contribution in [3.05, 3.63) is 94.5 Å². The fourth-order valence-electron chi connectivity index (χ4n) is 2.48. The highest BCUT2D eigenvalue weighted by atomic mass is 16.6. The Kier molecular flexibility index (Phi) is 6.20. The van der Waals surface area contributed by atoms with Crippen molar-refractivity contribution < 1.29 is 19.2 Å². The van der Waals surface area contributed by atoms with Gasteiger partial charge in [-0.15, -0.1) is 0 Å². The molecule has 7 heteroatoms. The Balaban J connectivity index is 1.57. The number of carbonyl (C=O) groups excluding carboxylic acids is 1. The maximum Gasteiger partial charge on any atom is 0.310 e. The minimum Gasteiger partial charge on any atom is -0.477 e. The van der Waals surface area contributed by atoms with Crippen molar-refractivity contribution in [3.8, 4) is 17.2 Å². The molecule has 0 bridgehead atoms. The van der Waals surface area contributed by atoms with E-state index in [4.69, 9.17) is 9.47 Å². The second kappa shape index (κ2) is 9.18. The molecule has 3 aromatic rings. The Morgan fingerprint density at radius 1 is 0.893 bits per heavy atom. The summed E-state index contributed by atoms with van der Waals surface area (Å²) in [6.45, 7) is -0.0886. The molecule has 28 heavy (non-hydrogen) atoms. The molecule has 0 unspecified atom stereocenters. The molecule has 0 aliphatic heterocycles. The second-order valence-electron chi connectivity index (χ2n) is 5.81. The first-order valence-corrected chi connectivity index (χ1v) is 8.57. The van der Waals surface area contributed by atoms with E-state index < -0.39 is 10.8 Å². The highest BCUT2D eigenvalue weighted by Gasteiger charge is 2.15. The van der Waals surface area contributed by atoms with E-state index in [1.54, 1.807) is 6.07 Å². The van der Waals surface area contributed by atoms with E-state index in [-0.39, 0.29) is 24.6 Å². The molecule has 142 valence electrons. The summed E-state index contributed by atoms with van der Waals surface area (Å²) in [5, 5.41) is 13.7.